The molecule has 84 valence electrons. The lowest BCUT2D eigenvalue weighted by Crippen LogP contribution is -1.96. The summed E-state index contributed by atoms with van der Waals surface area (Å²) in [6.45, 7) is 4.42. The second-order valence-electron chi connectivity index (χ2n) is 4.05. The highest BCUT2D eigenvalue weighted by Gasteiger charge is 2.11. The van der Waals surface area contributed by atoms with Crippen LogP contribution in [0.4, 0.5) is 0 Å². The quantitative estimate of drug-likeness (QED) is 0.766. The zero-order chi connectivity index (χ0) is 11.4. The summed E-state index contributed by atoms with van der Waals surface area (Å²) in [6.07, 6.45) is 2.28. The van der Waals surface area contributed by atoms with Crippen LogP contribution >= 0.6 is 11.3 Å². The van der Waals surface area contributed by atoms with E-state index < -0.39 is 0 Å². The van der Waals surface area contributed by atoms with E-state index in [9.17, 15) is 0 Å². The highest BCUT2D eigenvalue weighted by atomic mass is 32.1. The van der Waals surface area contributed by atoms with Gasteiger partial charge in [0.1, 0.15) is 0 Å². The number of benzene rings is 1. The van der Waals surface area contributed by atoms with Gasteiger partial charge < -0.3 is 0 Å². The molecule has 0 bridgehead atoms. The van der Waals surface area contributed by atoms with Crippen LogP contribution in [-0.2, 0) is 6.42 Å². The second kappa shape index (κ2) is 5.26. The Labute approximate surface area is 101 Å². The first-order valence-corrected chi connectivity index (χ1v) is 6.68. The van der Waals surface area contributed by atoms with Crippen LogP contribution in [0, 0.1) is 0 Å². The maximum Gasteiger partial charge on any atom is 0.0928 e. The molecule has 0 saturated heterocycles. The summed E-state index contributed by atoms with van der Waals surface area (Å²) in [5.74, 6) is 0.406. The Morgan fingerprint density at radius 3 is 2.69 bits per heavy atom. The summed E-state index contributed by atoms with van der Waals surface area (Å²) in [5.41, 5.74) is 2.55. The SMILES string of the molecule is CCCc1nc(C(C)c2ccccc2)cs1. The molecule has 16 heavy (non-hydrogen) atoms. The van der Waals surface area contributed by atoms with Crippen molar-refractivity contribution < 1.29 is 0 Å². The maximum atomic E-state index is 4.69. The normalized spacial score (nSPS) is 12.6. The molecule has 0 fully saturated rings. The van der Waals surface area contributed by atoms with Crippen LogP contribution in [0.5, 0.6) is 0 Å². The molecule has 0 amide bonds. The first-order valence-electron chi connectivity index (χ1n) is 5.80. The zero-order valence-corrected chi connectivity index (χ0v) is 10.6. The number of hydrogen-bond donors (Lipinski definition) is 0. The smallest absolute Gasteiger partial charge is 0.0928 e. The Morgan fingerprint density at radius 2 is 2.00 bits per heavy atom. The van der Waals surface area contributed by atoms with E-state index in [2.05, 4.69) is 49.6 Å². The van der Waals surface area contributed by atoms with E-state index in [1.807, 2.05) is 0 Å². The van der Waals surface area contributed by atoms with Crippen LogP contribution in [0.1, 0.15) is 42.5 Å². The van der Waals surface area contributed by atoms with Gasteiger partial charge in [0.2, 0.25) is 0 Å². The van der Waals surface area contributed by atoms with Gasteiger partial charge in [-0.1, -0.05) is 44.2 Å². The molecule has 0 saturated carbocycles. The largest absolute Gasteiger partial charge is 0.246 e. The standard InChI is InChI=1S/C14H17NS/c1-3-7-14-15-13(10-16-14)11(2)12-8-5-4-6-9-12/h4-6,8-11H,3,7H2,1-2H3. The average molecular weight is 231 g/mol. The lowest BCUT2D eigenvalue weighted by Gasteiger charge is -2.08. The molecule has 0 aliphatic carbocycles. The van der Waals surface area contributed by atoms with E-state index >= 15 is 0 Å². The molecular weight excluding hydrogens is 214 g/mol. The fourth-order valence-corrected chi connectivity index (χ4v) is 2.76. The van der Waals surface area contributed by atoms with Crippen molar-refractivity contribution in [3.8, 4) is 0 Å². The first-order chi connectivity index (χ1) is 7.81. The maximum absolute atomic E-state index is 4.69. The number of rotatable bonds is 4. The first kappa shape index (κ1) is 11.3. The van der Waals surface area contributed by atoms with Crippen molar-refractivity contribution in [2.75, 3.05) is 0 Å². The van der Waals surface area contributed by atoms with E-state index in [4.69, 9.17) is 4.98 Å². The van der Waals surface area contributed by atoms with Crippen molar-refractivity contribution in [3.63, 3.8) is 0 Å². The molecule has 2 aromatic rings. The number of nitrogens with zero attached hydrogens (tertiary/aromatic N) is 1. The van der Waals surface area contributed by atoms with Gasteiger partial charge in [-0.05, 0) is 18.4 Å². The molecule has 1 aromatic carbocycles. The van der Waals surface area contributed by atoms with Crippen molar-refractivity contribution in [1.29, 1.82) is 0 Å². The summed E-state index contributed by atoms with van der Waals surface area (Å²) in [5, 5.41) is 3.46. The molecule has 2 rings (SSSR count). The van der Waals surface area contributed by atoms with Crippen molar-refractivity contribution in [2.45, 2.75) is 32.6 Å². The lowest BCUT2D eigenvalue weighted by molar-refractivity contribution is 0.847. The van der Waals surface area contributed by atoms with Gasteiger partial charge in [0, 0.05) is 11.3 Å². The summed E-state index contributed by atoms with van der Waals surface area (Å²) >= 11 is 1.79. The van der Waals surface area contributed by atoms with Crippen molar-refractivity contribution in [1.82, 2.24) is 4.98 Å². The number of aromatic nitrogens is 1. The Balaban J connectivity index is 2.17. The van der Waals surface area contributed by atoms with Crippen molar-refractivity contribution in [2.24, 2.45) is 0 Å². The third-order valence-corrected chi connectivity index (χ3v) is 3.70. The Kier molecular flexibility index (Phi) is 3.73. The molecule has 1 heterocycles. The predicted octanol–water partition coefficient (Wildman–Crippen LogP) is 4.25. The van der Waals surface area contributed by atoms with Crippen molar-refractivity contribution in [3.05, 3.63) is 52.0 Å². The van der Waals surface area contributed by atoms with Gasteiger partial charge in [0.15, 0.2) is 0 Å². The molecule has 1 aromatic heterocycles. The molecule has 0 N–H and O–H groups in total. The highest BCUT2D eigenvalue weighted by molar-refractivity contribution is 7.09. The summed E-state index contributed by atoms with van der Waals surface area (Å²) < 4.78 is 0. The third kappa shape index (κ3) is 2.50. The lowest BCUT2D eigenvalue weighted by atomic mass is 9.99. The number of aryl methyl sites for hydroxylation is 1. The van der Waals surface area contributed by atoms with E-state index in [0.29, 0.717) is 5.92 Å². The van der Waals surface area contributed by atoms with E-state index in [0.717, 1.165) is 6.42 Å². The minimum absolute atomic E-state index is 0.406. The van der Waals surface area contributed by atoms with Crippen LogP contribution in [0.2, 0.25) is 0 Å². The van der Waals surface area contributed by atoms with E-state index in [1.165, 1.54) is 22.7 Å². The monoisotopic (exact) mass is 231 g/mol. The molecule has 1 unspecified atom stereocenters. The molecule has 2 heteroatoms. The van der Waals surface area contributed by atoms with Gasteiger partial charge in [-0.15, -0.1) is 11.3 Å². The van der Waals surface area contributed by atoms with Crippen LogP contribution in [-0.4, -0.2) is 4.98 Å². The predicted molar refractivity (Wildman–Crippen MR) is 70.1 cm³/mol. The van der Waals surface area contributed by atoms with Crippen LogP contribution in [0.25, 0.3) is 0 Å². The fraction of sp³-hybridized carbons (Fsp3) is 0.357. The molecule has 0 radical (unpaired) electrons. The second-order valence-corrected chi connectivity index (χ2v) is 4.99. The van der Waals surface area contributed by atoms with E-state index in [1.54, 1.807) is 11.3 Å². The summed E-state index contributed by atoms with van der Waals surface area (Å²) in [4.78, 5) is 4.69. The molecule has 0 spiro atoms. The highest BCUT2D eigenvalue weighted by Crippen LogP contribution is 2.25. The number of hydrogen-bond acceptors (Lipinski definition) is 2. The third-order valence-electron chi connectivity index (χ3n) is 2.78. The van der Waals surface area contributed by atoms with Crippen LogP contribution < -0.4 is 0 Å². The van der Waals surface area contributed by atoms with Gasteiger partial charge in [0.05, 0.1) is 10.7 Å². The van der Waals surface area contributed by atoms with Crippen LogP contribution in [0.15, 0.2) is 35.7 Å². The van der Waals surface area contributed by atoms with Gasteiger partial charge in [-0.25, -0.2) is 4.98 Å². The molecule has 1 nitrogen and oxygen atoms in total. The minimum atomic E-state index is 0.406. The molecule has 0 aliphatic rings. The van der Waals surface area contributed by atoms with Gasteiger partial charge in [-0.2, -0.15) is 0 Å². The van der Waals surface area contributed by atoms with Gasteiger partial charge in [0.25, 0.3) is 0 Å². The Hall–Kier alpha value is -1.15. The Bertz CT molecular complexity index is 433. The van der Waals surface area contributed by atoms with Gasteiger partial charge >= 0.3 is 0 Å². The molecule has 1 atom stereocenters. The fourth-order valence-electron chi connectivity index (χ4n) is 1.77. The summed E-state index contributed by atoms with van der Waals surface area (Å²) in [6, 6.07) is 10.6. The molecule has 0 aliphatic heterocycles. The van der Waals surface area contributed by atoms with Gasteiger partial charge in [-0.3, -0.25) is 0 Å². The Morgan fingerprint density at radius 1 is 1.25 bits per heavy atom. The number of thiazole rings is 1. The van der Waals surface area contributed by atoms with E-state index in [-0.39, 0.29) is 0 Å². The van der Waals surface area contributed by atoms with Crippen LogP contribution in [0.3, 0.4) is 0 Å². The topological polar surface area (TPSA) is 12.9 Å². The summed E-state index contributed by atoms with van der Waals surface area (Å²) in [7, 11) is 0. The zero-order valence-electron chi connectivity index (χ0n) is 9.81. The molecular formula is C14H17NS. The minimum Gasteiger partial charge on any atom is -0.246 e. The average Bonchev–Trinajstić information content (AvgIpc) is 2.78. The van der Waals surface area contributed by atoms with Crippen molar-refractivity contribution >= 4 is 11.3 Å².